The third-order valence-electron chi connectivity index (χ3n) is 4.50. The van der Waals surface area contributed by atoms with Crippen LogP contribution in [0, 0.1) is 6.92 Å². The number of anilines is 1. The predicted molar refractivity (Wildman–Crippen MR) is 88.0 cm³/mol. The molecule has 0 saturated carbocycles. The largest absolute Gasteiger partial charge is 0.370 e. The zero-order chi connectivity index (χ0) is 14.8. The minimum absolute atomic E-state index is 0.507. The van der Waals surface area contributed by atoms with Crippen LogP contribution in [0.1, 0.15) is 55.3 Å². The van der Waals surface area contributed by atoms with Gasteiger partial charge in [-0.3, -0.25) is 0 Å². The zero-order valence-corrected chi connectivity index (χ0v) is 13.3. The fraction of sp³-hybridized carbons (Fsp3) is 0.500. The summed E-state index contributed by atoms with van der Waals surface area (Å²) in [7, 11) is 0. The minimum atomic E-state index is 0.507. The number of nitrogens with one attached hydrogen (secondary N) is 1. The zero-order valence-electron chi connectivity index (χ0n) is 13.3. The van der Waals surface area contributed by atoms with Crippen molar-refractivity contribution >= 4 is 5.82 Å². The molecule has 0 aliphatic carbocycles. The van der Waals surface area contributed by atoms with Gasteiger partial charge >= 0.3 is 0 Å². The Kier molecular flexibility index (Phi) is 4.00. The van der Waals surface area contributed by atoms with Crippen LogP contribution in [0.25, 0.3) is 0 Å². The van der Waals surface area contributed by atoms with Gasteiger partial charge < -0.3 is 5.32 Å². The van der Waals surface area contributed by atoms with Crippen LogP contribution in [0.15, 0.2) is 30.3 Å². The molecule has 0 spiro atoms. The summed E-state index contributed by atoms with van der Waals surface area (Å²) >= 11 is 0. The average Bonchev–Trinajstić information content (AvgIpc) is 2.91. The lowest BCUT2D eigenvalue weighted by atomic mass is 9.97. The van der Waals surface area contributed by atoms with Crippen molar-refractivity contribution in [2.45, 2.75) is 52.0 Å². The van der Waals surface area contributed by atoms with Gasteiger partial charge in [0.1, 0.15) is 5.82 Å². The number of rotatable bonds is 4. The van der Waals surface area contributed by atoms with Gasteiger partial charge in [0.15, 0.2) is 0 Å². The summed E-state index contributed by atoms with van der Waals surface area (Å²) in [4.78, 5) is 0. The number of aryl methyl sites for hydroxylation is 1. The van der Waals surface area contributed by atoms with E-state index in [1.165, 1.54) is 35.5 Å². The summed E-state index contributed by atoms with van der Waals surface area (Å²) in [5, 5.41) is 8.36. The van der Waals surface area contributed by atoms with Gasteiger partial charge in [0, 0.05) is 24.4 Å². The maximum Gasteiger partial charge on any atom is 0.124 e. The Morgan fingerprint density at radius 1 is 1.33 bits per heavy atom. The Bertz CT molecular complexity index is 597. The molecule has 112 valence electrons. The van der Waals surface area contributed by atoms with E-state index in [0.29, 0.717) is 11.8 Å². The Hall–Kier alpha value is -1.77. The van der Waals surface area contributed by atoms with E-state index in [1.807, 2.05) is 0 Å². The van der Waals surface area contributed by atoms with Crippen molar-refractivity contribution in [2.75, 3.05) is 11.9 Å². The standard InChI is InChI=1S/C18H25N3/c1-4-5-14(3)17-10-18-19-11-16(12-21(18)20-17)15-8-6-13(2)7-9-15/h6-10,14,16,19H,4-5,11-12H2,1-3H3. The molecule has 0 radical (unpaired) electrons. The molecule has 0 fully saturated rings. The first-order valence-electron chi connectivity index (χ1n) is 8.05. The lowest BCUT2D eigenvalue weighted by Gasteiger charge is -2.25. The molecule has 2 heterocycles. The highest BCUT2D eigenvalue weighted by Crippen LogP contribution is 2.29. The van der Waals surface area contributed by atoms with Crippen molar-refractivity contribution < 1.29 is 0 Å². The van der Waals surface area contributed by atoms with E-state index in [4.69, 9.17) is 5.10 Å². The van der Waals surface area contributed by atoms with Crippen LogP contribution in [-0.4, -0.2) is 16.3 Å². The van der Waals surface area contributed by atoms with Gasteiger partial charge in [-0.15, -0.1) is 0 Å². The molecular weight excluding hydrogens is 258 g/mol. The van der Waals surface area contributed by atoms with E-state index in [9.17, 15) is 0 Å². The van der Waals surface area contributed by atoms with Gasteiger partial charge in [-0.05, 0) is 18.9 Å². The van der Waals surface area contributed by atoms with Gasteiger partial charge in [0.05, 0.1) is 12.2 Å². The molecule has 0 amide bonds. The smallest absolute Gasteiger partial charge is 0.124 e. The summed E-state index contributed by atoms with van der Waals surface area (Å²) in [6.07, 6.45) is 2.42. The first-order valence-corrected chi connectivity index (χ1v) is 8.05. The van der Waals surface area contributed by atoms with Crippen molar-refractivity contribution in [2.24, 2.45) is 0 Å². The van der Waals surface area contributed by atoms with Gasteiger partial charge in [-0.25, -0.2) is 4.68 Å². The Balaban J connectivity index is 1.77. The fourth-order valence-electron chi connectivity index (χ4n) is 3.10. The number of fused-ring (bicyclic) bond motifs is 1. The van der Waals surface area contributed by atoms with Crippen LogP contribution < -0.4 is 5.32 Å². The molecule has 2 atom stereocenters. The summed E-state index contributed by atoms with van der Waals surface area (Å²) in [5.74, 6) is 2.23. The van der Waals surface area contributed by atoms with Crippen LogP contribution in [0.2, 0.25) is 0 Å². The van der Waals surface area contributed by atoms with Crippen molar-refractivity contribution in [3.8, 4) is 0 Å². The van der Waals surface area contributed by atoms with E-state index in [1.54, 1.807) is 0 Å². The van der Waals surface area contributed by atoms with Crippen LogP contribution in [-0.2, 0) is 6.54 Å². The Morgan fingerprint density at radius 3 is 2.81 bits per heavy atom. The summed E-state index contributed by atoms with van der Waals surface area (Å²) < 4.78 is 2.15. The molecule has 21 heavy (non-hydrogen) atoms. The number of hydrogen-bond acceptors (Lipinski definition) is 2. The molecule has 1 aromatic heterocycles. The van der Waals surface area contributed by atoms with Crippen molar-refractivity contribution in [1.82, 2.24) is 9.78 Å². The molecule has 2 unspecified atom stereocenters. The van der Waals surface area contributed by atoms with Gasteiger partial charge in [-0.1, -0.05) is 50.1 Å². The SMILES string of the molecule is CCCC(C)c1cc2n(n1)CC(c1ccc(C)cc1)CN2. The third-order valence-corrected chi connectivity index (χ3v) is 4.50. The van der Waals surface area contributed by atoms with Crippen LogP contribution in [0.3, 0.4) is 0 Å². The van der Waals surface area contributed by atoms with E-state index in [0.717, 1.165) is 13.1 Å². The van der Waals surface area contributed by atoms with Crippen LogP contribution in [0.4, 0.5) is 5.82 Å². The molecule has 1 aliphatic heterocycles. The Morgan fingerprint density at radius 2 is 2.10 bits per heavy atom. The second-order valence-electron chi connectivity index (χ2n) is 6.31. The highest BCUT2D eigenvalue weighted by molar-refractivity contribution is 5.41. The van der Waals surface area contributed by atoms with Gasteiger partial charge in [0.2, 0.25) is 0 Å². The molecule has 1 aliphatic rings. The topological polar surface area (TPSA) is 29.9 Å². The van der Waals surface area contributed by atoms with Crippen molar-refractivity contribution in [3.05, 3.63) is 47.2 Å². The molecule has 0 bridgehead atoms. The first kappa shape index (κ1) is 14.2. The van der Waals surface area contributed by atoms with Crippen molar-refractivity contribution in [3.63, 3.8) is 0 Å². The van der Waals surface area contributed by atoms with E-state index >= 15 is 0 Å². The van der Waals surface area contributed by atoms with Crippen LogP contribution in [0.5, 0.6) is 0 Å². The summed E-state index contributed by atoms with van der Waals surface area (Å²) in [5.41, 5.74) is 3.94. The Labute approximate surface area is 127 Å². The normalized spacial score (nSPS) is 18.9. The van der Waals surface area contributed by atoms with Gasteiger partial charge in [-0.2, -0.15) is 5.10 Å². The third kappa shape index (κ3) is 2.97. The summed E-state index contributed by atoms with van der Waals surface area (Å²) in [6.45, 7) is 8.62. The number of aromatic nitrogens is 2. The monoisotopic (exact) mass is 283 g/mol. The summed E-state index contributed by atoms with van der Waals surface area (Å²) in [6, 6.07) is 11.1. The lowest BCUT2D eigenvalue weighted by molar-refractivity contribution is 0.496. The molecular formula is C18H25N3. The maximum atomic E-state index is 4.82. The van der Waals surface area contributed by atoms with E-state index < -0.39 is 0 Å². The number of benzene rings is 1. The molecule has 1 N–H and O–H groups in total. The quantitative estimate of drug-likeness (QED) is 0.906. The highest BCUT2D eigenvalue weighted by Gasteiger charge is 2.22. The molecule has 0 saturated heterocycles. The second-order valence-corrected chi connectivity index (χ2v) is 6.31. The number of hydrogen-bond donors (Lipinski definition) is 1. The second kappa shape index (κ2) is 5.92. The molecule has 3 rings (SSSR count). The minimum Gasteiger partial charge on any atom is -0.370 e. The lowest BCUT2D eigenvalue weighted by Crippen LogP contribution is -2.26. The number of nitrogens with zero attached hydrogens (tertiary/aromatic N) is 2. The fourth-order valence-corrected chi connectivity index (χ4v) is 3.10. The first-order chi connectivity index (χ1) is 10.2. The maximum absolute atomic E-state index is 4.82. The average molecular weight is 283 g/mol. The molecule has 3 nitrogen and oxygen atoms in total. The molecule has 3 heteroatoms. The highest BCUT2D eigenvalue weighted by atomic mass is 15.3. The van der Waals surface area contributed by atoms with E-state index in [2.05, 4.69) is 61.1 Å². The molecule has 1 aromatic carbocycles. The predicted octanol–water partition coefficient (Wildman–Crippen LogP) is 4.30. The van der Waals surface area contributed by atoms with Gasteiger partial charge in [0.25, 0.3) is 0 Å². The van der Waals surface area contributed by atoms with E-state index in [-0.39, 0.29) is 0 Å². The van der Waals surface area contributed by atoms with Crippen LogP contribution >= 0.6 is 0 Å². The van der Waals surface area contributed by atoms with Crippen molar-refractivity contribution in [1.29, 1.82) is 0 Å². The molecule has 2 aromatic rings.